The van der Waals surface area contributed by atoms with E-state index in [0.717, 1.165) is 0 Å². The summed E-state index contributed by atoms with van der Waals surface area (Å²) in [7, 11) is 0. The number of benzene rings is 1. The maximum atomic E-state index is 12.7. The Balaban J connectivity index is 0.00000784. The second kappa shape index (κ2) is 9.26. The van der Waals surface area contributed by atoms with Crippen LogP contribution in [0.15, 0.2) is 18.2 Å². The quantitative estimate of drug-likeness (QED) is 0.429. The van der Waals surface area contributed by atoms with Gasteiger partial charge in [-0.05, 0) is 65.2 Å². The van der Waals surface area contributed by atoms with Gasteiger partial charge in [-0.2, -0.15) is 0 Å². The number of carbonyl (C=O) groups excluding carboxylic acids is 3. The molecule has 0 aliphatic heterocycles. The molecule has 29 heavy (non-hydrogen) atoms. The highest BCUT2D eigenvalue weighted by molar-refractivity contribution is 6.01. The molecule has 2 N–H and O–H groups in total. The highest BCUT2D eigenvalue weighted by Gasteiger charge is 2.31. The van der Waals surface area contributed by atoms with Crippen LogP contribution in [0.2, 0.25) is 0 Å². The van der Waals surface area contributed by atoms with E-state index >= 15 is 0 Å². The summed E-state index contributed by atoms with van der Waals surface area (Å²) in [5.41, 5.74) is 4.42. The number of carbonyl (C=O) groups is 3. The number of hydrogen-bond acceptors (Lipinski definition) is 6. The molecule has 0 amide bonds. The fraction of sp³-hybridized carbons (Fsp3) is 0.591. The molecule has 0 spiro atoms. The summed E-state index contributed by atoms with van der Waals surface area (Å²) in [6.45, 7) is 15.9. The predicted octanol–water partition coefficient (Wildman–Crippen LogP) is 4.57. The Hall–Kier alpha value is -1.92. The van der Waals surface area contributed by atoms with E-state index in [1.54, 1.807) is 41.5 Å². The monoisotopic (exact) mass is 427 g/mol. The smallest absolute Gasteiger partial charge is 0.316 e. The first-order valence-corrected chi connectivity index (χ1v) is 9.33. The van der Waals surface area contributed by atoms with Gasteiger partial charge < -0.3 is 15.2 Å². The molecule has 7 heteroatoms. The lowest BCUT2D eigenvalue weighted by Crippen LogP contribution is -2.42. The molecule has 1 atom stereocenters. The number of hydrogen-bond donors (Lipinski definition) is 1. The summed E-state index contributed by atoms with van der Waals surface area (Å²) in [6, 6.07) is 3.65. The van der Waals surface area contributed by atoms with Gasteiger partial charge in [0.2, 0.25) is 0 Å². The van der Waals surface area contributed by atoms with Crippen molar-refractivity contribution in [3.8, 4) is 11.5 Å². The Morgan fingerprint density at radius 1 is 0.793 bits per heavy atom. The van der Waals surface area contributed by atoms with E-state index in [1.165, 1.54) is 18.2 Å². The SMILES string of the molecule is CC(C)(C)C(=O)Oc1ccc(C(=O)C(N)C(C)(C)C)cc1OC(=O)C(C)(C)C.Cl. The normalized spacial score (nSPS) is 13.2. The predicted molar refractivity (Wildman–Crippen MR) is 116 cm³/mol. The third-order valence-corrected chi connectivity index (χ3v) is 4.07. The molecule has 1 rings (SSSR count). The number of nitrogens with two attached hydrogens (primary N) is 1. The molecule has 0 radical (unpaired) electrons. The first-order valence-electron chi connectivity index (χ1n) is 9.33. The number of esters is 2. The number of ether oxygens (including phenoxy) is 2. The molecule has 6 nitrogen and oxygen atoms in total. The maximum Gasteiger partial charge on any atom is 0.316 e. The molecule has 0 aliphatic rings. The molecular weight excluding hydrogens is 394 g/mol. The Morgan fingerprint density at radius 2 is 1.21 bits per heavy atom. The molecule has 0 bridgehead atoms. The minimum Gasteiger partial charge on any atom is -0.422 e. The van der Waals surface area contributed by atoms with Gasteiger partial charge in [-0.15, -0.1) is 12.4 Å². The van der Waals surface area contributed by atoms with Gasteiger partial charge in [0.15, 0.2) is 17.3 Å². The summed E-state index contributed by atoms with van der Waals surface area (Å²) in [5.74, 6) is -1.17. The largest absolute Gasteiger partial charge is 0.422 e. The van der Waals surface area contributed by atoms with Crippen molar-refractivity contribution in [2.75, 3.05) is 0 Å². The van der Waals surface area contributed by atoms with Crippen LogP contribution in [0.25, 0.3) is 0 Å². The minimum atomic E-state index is -0.771. The summed E-state index contributed by atoms with van der Waals surface area (Å²) in [4.78, 5) is 37.4. The molecule has 0 saturated heterocycles. The first-order chi connectivity index (χ1) is 12.4. The molecule has 1 aromatic carbocycles. The van der Waals surface area contributed by atoms with Crippen LogP contribution in [0.5, 0.6) is 11.5 Å². The fourth-order valence-corrected chi connectivity index (χ4v) is 1.90. The Bertz CT molecular complexity index is 767. The van der Waals surface area contributed by atoms with E-state index < -0.39 is 34.2 Å². The molecule has 0 aliphatic carbocycles. The Kier molecular flexibility index (Phi) is 8.65. The lowest BCUT2D eigenvalue weighted by Gasteiger charge is -2.26. The van der Waals surface area contributed by atoms with Crippen LogP contribution in [0.4, 0.5) is 0 Å². The van der Waals surface area contributed by atoms with Crippen molar-refractivity contribution >= 4 is 30.1 Å². The summed E-state index contributed by atoms with van der Waals surface area (Å²) in [6.07, 6.45) is 0. The van der Waals surface area contributed by atoms with E-state index in [9.17, 15) is 14.4 Å². The van der Waals surface area contributed by atoms with E-state index in [-0.39, 0.29) is 35.3 Å². The van der Waals surface area contributed by atoms with Crippen molar-refractivity contribution in [3.05, 3.63) is 23.8 Å². The van der Waals surface area contributed by atoms with Gasteiger partial charge >= 0.3 is 11.9 Å². The third-order valence-electron chi connectivity index (χ3n) is 4.07. The zero-order chi connectivity index (χ0) is 22.1. The van der Waals surface area contributed by atoms with Gasteiger partial charge in [0.1, 0.15) is 0 Å². The minimum absolute atomic E-state index is 0. The highest BCUT2D eigenvalue weighted by atomic mass is 35.5. The lowest BCUT2D eigenvalue weighted by molar-refractivity contribution is -0.145. The van der Waals surface area contributed by atoms with Gasteiger partial charge in [-0.1, -0.05) is 20.8 Å². The first kappa shape index (κ1) is 27.1. The zero-order valence-corrected chi connectivity index (χ0v) is 19.7. The van der Waals surface area contributed by atoms with Crippen LogP contribution in [0, 0.1) is 16.2 Å². The van der Waals surface area contributed by atoms with Crippen molar-refractivity contribution in [2.24, 2.45) is 22.0 Å². The second-order valence-corrected chi connectivity index (χ2v) is 10.1. The van der Waals surface area contributed by atoms with Crippen LogP contribution >= 0.6 is 12.4 Å². The van der Waals surface area contributed by atoms with E-state index in [4.69, 9.17) is 15.2 Å². The highest BCUT2D eigenvalue weighted by Crippen LogP contribution is 2.33. The van der Waals surface area contributed by atoms with Gasteiger partial charge in [0.25, 0.3) is 0 Å². The average molecular weight is 428 g/mol. The van der Waals surface area contributed by atoms with Crippen molar-refractivity contribution in [1.82, 2.24) is 0 Å². The van der Waals surface area contributed by atoms with E-state index in [0.29, 0.717) is 0 Å². The zero-order valence-electron chi connectivity index (χ0n) is 18.8. The second-order valence-electron chi connectivity index (χ2n) is 10.1. The summed E-state index contributed by atoms with van der Waals surface area (Å²) in [5, 5.41) is 0. The fourth-order valence-electron chi connectivity index (χ4n) is 1.90. The summed E-state index contributed by atoms with van der Waals surface area (Å²) < 4.78 is 10.9. The third kappa shape index (κ3) is 7.44. The van der Waals surface area contributed by atoms with Crippen molar-refractivity contribution < 1.29 is 23.9 Å². The van der Waals surface area contributed by atoms with Crippen LogP contribution in [0.3, 0.4) is 0 Å². The maximum absolute atomic E-state index is 12.7. The molecule has 1 unspecified atom stereocenters. The number of Topliss-reactive ketones (excluding diaryl/α,β-unsaturated/α-hetero) is 1. The molecule has 1 aromatic rings. The molecule has 164 valence electrons. The van der Waals surface area contributed by atoms with Crippen molar-refractivity contribution in [3.63, 3.8) is 0 Å². The van der Waals surface area contributed by atoms with Crippen LogP contribution < -0.4 is 15.2 Å². The number of halogens is 1. The van der Waals surface area contributed by atoms with Crippen molar-refractivity contribution in [2.45, 2.75) is 68.4 Å². The molecule has 0 aromatic heterocycles. The Morgan fingerprint density at radius 3 is 1.59 bits per heavy atom. The van der Waals surface area contributed by atoms with Crippen molar-refractivity contribution in [1.29, 1.82) is 0 Å². The topological polar surface area (TPSA) is 95.7 Å². The lowest BCUT2D eigenvalue weighted by atomic mass is 9.83. The number of rotatable bonds is 4. The molecule has 0 heterocycles. The average Bonchev–Trinajstić information content (AvgIpc) is 2.52. The summed E-state index contributed by atoms with van der Waals surface area (Å²) >= 11 is 0. The van der Waals surface area contributed by atoms with Gasteiger partial charge in [-0.25, -0.2) is 0 Å². The van der Waals surface area contributed by atoms with E-state index in [1.807, 2.05) is 20.8 Å². The molecule has 0 saturated carbocycles. The van der Waals surface area contributed by atoms with Gasteiger partial charge in [0.05, 0.1) is 16.9 Å². The molecule has 0 fully saturated rings. The van der Waals surface area contributed by atoms with Crippen LogP contribution in [-0.2, 0) is 9.59 Å². The van der Waals surface area contributed by atoms with Gasteiger partial charge in [0, 0.05) is 5.56 Å². The number of ketones is 1. The standard InChI is InChI=1S/C22H33NO5.ClH/c1-20(2,3)17(23)16(24)13-10-11-14(27-18(25)21(4,5)6)15(12-13)28-19(26)22(7,8)9;/h10-12,17H,23H2,1-9H3;1H. The van der Waals surface area contributed by atoms with Crippen LogP contribution in [-0.4, -0.2) is 23.8 Å². The van der Waals surface area contributed by atoms with Crippen LogP contribution in [0.1, 0.15) is 72.7 Å². The molecular formula is C22H34ClNO5. The van der Waals surface area contributed by atoms with Gasteiger partial charge in [-0.3, -0.25) is 14.4 Å². The Labute approximate surface area is 179 Å². The van der Waals surface area contributed by atoms with E-state index in [2.05, 4.69) is 0 Å².